The lowest BCUT2D eigenvalue weighted by Gasteiger charge is -2.29. The molecule has 0 aromatic carbocycles. The van der Waals surface area contributed by atoms with Crippen LogP contribution in [-0.2, 0) is 11.8 Å². The highest BCUT2D eigenvalue weighted by Crippen LogP contribution is 2.17. The third kappa shape index (κ3) is 3.40. The van der Waals surface area contributed by atoms with Gasteiger partial charge in [0, 0.05) is 43.4 Å². The third-order valence-corrected chi connectivity index (χ3v) is 3.86. The number of rotatable bonds is 3. The van der Waals surface area contributed by atoms with Gasteiger partial charge in [0.1, 0.15) is 6.04 Å². The molecule has 1 aliphatic heterocycles. The standard InChI is InChI=1S/C11H18N4OS.ClH/c1-12-10(9-7-13-14(2)8-9)11(16)15-3-5-17-6-4-15;/h7-8,10,12H,3-6H2,1-2H3;1H. The molecule has 1 aromatic heterocycles. The molecular formula is C11H19ClN4OS. The number of thioether (sulfide) groups is 1. The molecule has 0 bridgehead atoms. The van der Waals surface area contributed by atoms with Gasteiger partial charge in [-0.1, -0.05) is 0 Å². The molecule has 18 heavy (non-hydrogen) atoms. The highest BCUT2D eigenvalue weighted by atomic mass is 35.5. The topological polar surface area (TPSA) is 50.2 Å². The van der Waals surface area contributed by atoms with E-state index in [0.717, 1.165) is 30.2 Å². The maximum Gasteiger partial charge on any atom is 0.244 e. The van der Waals surface area contributed by atoms with Crippen LogP contribution in [-0.4, -0.2) is 52.2 Å². The molecule has 2 rings (SSSR count). The number of carbonyl (C=O) groups is 1. The van der Waals surface area contributed by atoms with Crippen molar-refractivity contribution >= 4 is 30.1 Å². The van der Waals surface area contributed by atoms with Crippen LogP contribution in [0.15, 0.2) is 12.4 Å². The van der Waals surface area contributed by atoms with E-state index >= 15 is 0 Å². The maximum atomic E-state index is 12.4. The molecule has 1 aromatic rings. The van der Waals surface area contributed by atoms with Crippen molar-refractivity contribution in [3.8, 4) is 0 Å². The molecule has 1 N–H and O–H groups in total. The van der Waals surface area contributed by atoms with Crippen LogP contribution in [0.2, 0.25) is 0 Å². The van der Waals surface area contributed by atoms with E-state index in [4.69, 9.17) is 0 Å². The molecule has 102 valence electrons. The quantitative estimate of drug-likeness (QED) is 0.889. The number of aromatic nitrogens is 2. The second kappa shape index (κ2) is 7.01. The number of likely N-dealkylation sites (N-methyl/N-ethyl adjacent to an activating group) is 1. The van der Waals surface area contributed by atoms with E-state index in [1.807, 2.05) is 37.0 Å². The fourth-order valence-corrected chi connectivity index (χ4v) is 2.89. The lowest BCUT2D eigenvalue weighted by molar-refractivity contribution is -0.133. The first-order valence-electron chi connectivity index (χ1n) is 5.74. The molecule has 1 atom stereocenters. The molecule has 0 saturated carbocycles. The van der Waals surface area contributed by atoms with Crippen molar-refractivity contribution < 1.29 is 4.79 Å². The van der Waals surface area contributed by atoms with Crippen molar-refractivity contribution in [2.45, 2.75) is 6.04 Å². The molecule has 0 radical (unpaired) electrons. The van der Waals surface area contributed by atoms with Crippen molar-refractivity contribution in [1.82, 2.24) is 20.0 Å². The van der Waals surface area contributed by atoms with Crippen molar-refractivity contribution in [3.05, 3.63) is 18.0 Å². The fraction of sp³-hybridized carbons (Fsp3) is 0.636. The van der Waals surface area contributed by atoms with Gasteiger partial charge in [0.05, 0.1) is 6.20 Å². The molecule has 1 unspecified atom stereocenters. The predicted molar refractivity (Wildman–Crippen MR) is 76.2 cm³/mol. The fourth-order valence-electron chi connectivity index (χ4n) is 1.99. The van der Waals surface area contributed by atoms with E-state index < -0.39 is 0 Å². The lowest BCUT2D eigenvalue weighted by atomic mass is 10.1. The lowest BCUT2D eigenvalue weighted by Crippen LogP contribution is -2.43. The van der Waals surface area contributed by atoms with Gasteiger partial charge in [0.2, 0.25) is 5.91 Å². The first kappa shape index (κ1) is 15.3. The van der Waals surface area contributed by atoms with Crippen LogP contribution >= 0.6 is 24.2 Å². The predicted octanol–water partition coefficient (Wildman–Crippen LogP) is 0.678. The summed E-state index contributed by atoms with van der Waals surface area (Å²) in [6.45, 7) is 1.70. The summed E-state index contributed by atoms with van der Waals surface area (Å²) in [5.74, 6) is 2.23. The molecule has 5 nitrogen and oxygen atoms in total. The summed E-state index contributed by atoms with van der Waals surface area (Å²) in [5, 5.41) is 7.19. The van der Waals surface area contributed by atoms with E-state index in [1.54, 1.807) is 10.9 Å². The van der Waals surface area contributed by atoms with Crippen molar-refractivity contribution in [2.75, 3.05) is 31.6 Å². The number of hydrogen-bond donors (Lipinski definition) is 1. The number of aryl methyl sites for hydroxylation is 1. The van der Waals surface area contributed by atoms with E-state index in [0.29, 0.717) is 0 Å². The van der Waals surface area contributed by atoms with Crippen molar-refractivity contribution in [1.29, 1.82) is 0 Å². The number of nitrogens with zero attached hydrogens (tertiary/aromatic N) is 3. The summed E-state index contributed by atoms with van der Waals surface area (Å²) in [4.78, 5) is 14.3. The zero-order valence-electron chi connectivity index (χ0n) is 10.6. The summed E-state index contributed by atoms with van der Waals surface area (Å²) in [6.07, 6.45) is 3.63. The number of nitrogens with one attached hydrogen (secondary N) is 1. The molecule has 0 spiro atoms. The van der Waals surface area contributed by atoms with Crippen LogP contribution < -0.4 is 5.32 Å². The van der Waals surface area contributed by atoms with Crippen LogP contribution in [0.25, 0.3) is 0 Å². The number of halogens is 1. The summed E-state index contributed by atoms with van der Waals surface area (Å²) in [6, 6.07) is -0.271. The minimum absolute atomic E-state index is 0. The second-order valence-electron chi connectivity index (χ2n) is 4.11. The Morgan fingerprint density at radius 1 is 1.50 bits per heavy atom. The second-order valence-corrected chi connectivity index (χ2v) is 5.33. The van der Waals surface area contributed by atoms with Gasteiger partial charge in [0.15, 0.2) is 0 Å². The average molecular weight is 291 g/mol. The molecule has 2 heterocycles. The Morgan fingerprint density at radius 2 is 2.17 bits per heavy atom. The Labute approximate surface area is 118 Å². The van der Waals surface area contributed by atoms with E-state index in [1.165, 1.54) is 0 Å². The number of hydrogen-bond acceptors (Lipinski definition) is 4. The Kier molecular flexibility index (Phi) is 5.98. The Bertz CT molecular complexity index is 392. The molecule has 0 aliphatic carbocycles. The van der Waals surface area contributed by atoms with Crippen molar-refractivity contribution in [2.24, 2.45) is 7.05 Å². The van der Waals surface area contributed by atoms with Gasteiger partial charge in [-0.3, -0.25) is 9.48 Å². The zero-order valence-corrected chi connectivity index (χ0v) is 12.3. The first-order valence-corrected chi connectivity index (χ1v) is 6.90. The van der Waals surface area contributed by atoms with Gasteiger partial charge in [-0.05, 0) is 7.05 Å². The van der Waals surface area contributed by atoms with Gasteiger partial charge in [0.25, 0.3) is 0 Å². The van der Waals surface area contributed by atoms with Crippen LogP contribution in [0, 0.1) is 0 Å². The Hall–Kier alpha value is -0.720. The highest BCUT2D eigenvalue weighted by Gasteiger charge is 2.26. The first-order chi connectivity index (χ1) is 8.22. The number of carbonyl (C=O) groups excluding carboxylic acids is 1. The smallest absolute Gasteiger partial charge is 0.244 e. The zero-order chi connectivity index (χ0) is 12.3. The average Bonchev–Trinajstić information content (AvgIpc) is 2.78. The van der Waals surface area contributed by atoms with Gasteiger partial charge in [-0.2, -0.15) is 16.9 Å². The SMILES string of the molecule is CNC(C(=O)N1CCSCC1)c1cnn(C)c1.Cl. The minimum atomic E-state index is -0.271. The number of amides is 1. The van der Waals surface area contributed by atoms with Gasteiger partial charge >= 0.3 is 0 Å². The minimum Gasteiger partial charge on any atom is -0.339 e. The summed E-state index contributed by atoms with van der Waals surface area (Å²) < 4.78 is 1.72. The molecule has 1 fully saturated rings. The van der Waals surface area contributed by atoms with Crippen molar-refractivity contribution in [3.63, 3.8) is 0 Å². The van der Waals surface area contributed by atoms with E-state index in [-0.39, 0.29) is 24.4 Å². The largest absolute Gasteiger partial charge is 0.339 e. The normalized spacial score (nSPS) is 17.1. The molecule has 1 saturated heterocycles. The molecule has 1 aliphatic rings. The monoisotopic (exact) mass is 290 g/mol. The highest BCUT2D eigenvalue weighted by molar-refractivity contribution is 7.99. The Morgan fingerprint density at radius 3 is 2.67 bits per heavy atom. The van der Waals surface area contributed by atoms with E-state index in [2.05, 4.69) is 10.4 Å². The maximum absolute atomic E-state index is 12.4. The third-order valence-electron chi connectivity index (χ3n) is 2.92. The van der Waals surface area contributed by atoms with Crippen LogP contribution in [0.1, 0.15) is 11.6 Å². The summed E-state index contributed by atoms with van der Waals surface area (Å²) >= 11 is 1.90. The van der Waals surface area contributed by atoms with E-state index in [9.17, 15) is 4.79 Å². The van der Waals surface area contributed by atoms with Gasteiger partial charge < -0.3 is 10.2 Å². The molecular weight excluding hydrogens is 272 g/mol. The molecule has 7 heteroatoms. The summed E-state index contributed by atoms with van der Waals surface area (Å²) in [5.41, 5.74) is 0.929. The van der Waals surface area contributed by atoms with Crippen LogP contribution in [0.3, 0.4) is 0 Å². The van der Waals surface area contributed by atoms with Gasteiger partial charge in [-0.15, -0.1) is 12.4 Å². The van der Waals surface area contributed by atoms with Crippen LogP contribution in [0.4, 0.5) is 0 Å². The summed E-state index contributed by atoms with van der Waals surface area (Å²) in [7, 11) is 3.67. The van der Waals surface area contributed by atoms with Gasteiger partial charge in [-0.25, -0.2) is 0 Å². The Balaban J connectivity index is 0.00000162. The molecule has 1 amide bonds. The van der Waals surface area contributed by atoms with Crippen LogP contribution in [0.5, 0.6) is 0 Å².